The highest BCUT2D eigenvalue weighted by atomic mass is 35.5. The molecule has 0 aliphatic heterocycles. The van der Waals surface area contributed by atoms with Crippen LogP contribution in [0.15, 0.2) is 23.2 Å². The van der Waals surface area contributed by atoms with E-state index in [-0.39, 0.29) is 0 Å². The number of thioether (sulfide) groups is 2. The summed E-state index contributed by atoms with van der Waals surface area (Å²) in [6, 6.07) is 5.15. The van der Waals surface area contributed by atoms with Crippen molar-refractivity contribution in [3.63, 3.8) is 0 Å². The highest BCUT2D eigenvalue weighted by molar-refractivity contribution is 8.38. The summed E-state index contributed by atoms with van der Waals surface area (Å²) in [5.41, 5.74) is 0. The van der Waals surface area contributed by atoms with Gasteiger partial charge in [-0.05, 0) is 18.4 Å². The smallest absolute Gasteiger partial charge is 0.207 e. The Morgan fingerprint density at radius 1 is 1.47 bits per heavy atom. The second kappa shape index (κ2) is 7.72. The first-order chi connectivity index (χ1) is 8.19. The lowest BCUT2D eigenvalue weighted by Crippen LogP contribution is -1.97. The average Bonchev–Trinajstić information content (AvgIpc) is 2.31. The van der Waals surface area contributed by atoms with E-state index >= 15 is 0 Å². The van der Waals surface area contributed by atoms with Crippen LogP contribution in [0.25, 0.3) is 0 Å². The zero-order chi connectivity index (χ0) is 12.7. The van der Waals surface area contributed by atoms with Crippen LogP contribution in [0.1, 0.15) is 0 Å². The first-order valence-electron chi connectivity index (χ1n) is 4.39. The molecule has 0 aromatic heterocycles. The van der Waals surface area contributed by atoms with Crippen LogP contribution in [-0.2, 0) is 0 Å². The van der Waals surface area contributed by atoms with Gasteiger partial charge < -0.3 is 4.74 Å². The summed E-state index contributed by atoms with van der Waals surface area (Å²) in [4.78, 5) is 3.62. The molecule has 90 valence electrons. The lowest BCUT2D eigenvalue weighted by molar-refractivity contribution is 0.394. The zero-order valence-corrected chi connectivity index (χ0v) is 12.0. The number of nitrogens with zero attached hydrogens (tertiary/aromatic N) is 2. The molecule has 0 fully saturated rings. The van der Waals surface area contributed by atoms with Gasteiger partial charge in [0.25, 0.3) is 0 Å². The molecule has 0 aliphatic carbocycles. The predicted molar refractivity (Wildman–Crippen MR) is 76.1 cm³/mol. The van der Waals surface area contributed by atoms with Crippen molar-refractivity contribution >= 4 is 51.1 Å². The largest absolute Gasteiger partial charge is 0.479 e. The number of hydrogen-bond acceptors (Lipinski definition) is 5. The Balaban J connectivity index is 2.57. The Labute approximate surface area is 118 Å². The van der Waals surface area contributed by atoms with Gasteiger partial charge in [-0.15, -0.1) is 11.8 Å². The second-order valence-electron chi connectivity index (χ2n) is 2.64. The van der Waals surface area contributed by atoms with Gasteiger partial charge in [0.1, 0.15) is 10.3 Å². The van der Waals surface area contributed by atoms with Gasteiger partial charge in [0.05, 0.1) is 10.0 Å². The third-order valence-corrected chi connectivity index (χ3v) is 4.08. The van der Waals surface area contributed by atoms with Crippen LogP contribution < -0.4 is 4.74 Å². The standard InChI is InChI=1S/C10H8Cl2N2OS2/c1-16-10(14-5-13)17-6-15-9-7(11)3-2-4-8(9)12/h2-4H,6H2,1H3. The number of para-hydroxylation sites is 1. The number of benzene rings is 1. The van der Waals surface area contributed by atoms with Crippen molar-refractivity contribution in [3.05, 3.63) is 28.2 Å². The van der Waals surface area contributed by atoms with Gasteiger partial charge in [0, 0.05) is 0 Å². The number of rotatable bonds is 3. The minimum Gasteiger partial charge on any atom is -0.479 e. The molecule has 0 heterocycles. The van der Waals surface area contributed by atoms with Gasteiger partial charge in [-0.3, -0.25) is 0 Å². The van der Waals surface area contributed by atoms with E-state index in [0.717, 1.165) is 0 Å². The molecule has 1 aromatic carbocycles. The Morgan fingerprint density at radius 3 is 2.65 bits per heavy atom. The SMILES string of the molecule is CSC(=NC#N)SCOc1c(Cl)cccc1Cl. The summed E-state index contributed by atoms with van der Waals surface area (Å²) in [7, 11) is 0. The summed E-state index contributed by atoms with van der Waals surface area (Å²) in [6.07, 6.45) is 3.57. The molecule has 1 aromatic rings. The molecule has 0 spiro atoms. The average molecular weight is 307 g/mol. The van der Waals surface area contributed by atoms with E-state index in [1.165, 1.54) is 23.5 Å². The Kier molecular flexibility index (Phi) is 6.60. The van der Waals surface area contributed by atoms with Crippen molar-refractivity contribution in [2.75, 3.05) is 12.2 Å². The molecule has 1 rings (SSSR count). The molecule has 0 unspecified atom stereocenters. The van der Waals surface area contributed by atoms with Crippen LogP contribution in [0.4, 0.5) is 0 Å². The third-order valence-electron chi connectivity index (χ3n) is 1.62. The second-order valence-corrected chi connectivity index (χ2v) is 5.42. The van der Waals surface area contributed by atoms with Crippen LogP contribution in [0.3, 0.4) is 0 Å². The van der Waals surface area contributed by atoms with Crippen LogP contribution in [0.2, 0.25) is 10.0 Å². The van der Waals surface area contributed by atoms with Crippen molar-refractivity contribution in [2.45, 2.75) is 0 Å². The van der Waals surface area contributed by atoms with Crippen molar-refractivity contribution in [1.29, 1.82) is 5.26 Å². The molecule has 0 amide bonds. The minimum atomic E-state index is 0.296. The third kappa shape index (κ3) is 4.68. The number of nitriles is 1. The van der Waals surface area contributed by atoms with E-state index < -0.39 is 0 Å². The zero-order valence-electron chi connectivity index (χ0n) is 8.81. The van der Waals surface area contributed by atoms with Gasteiger partial charge in [0.2, 0.25) is 6.19 Å². The number of aliphatic imine (C=N–C) groups is 1. The fourth-order valence-corrected chi connectivity index (χ4v) is 2.57. The quantitative estimate of drug-likeness (QED) is 0.362. The summed E-state index contributed by atoms with van der Waals surface area (Å²) < 4.78 is 6.08. The van der Waals surface area contributed by atoms with Crippen molar-refractivity contribution in [3.8, 4) is 11.9 Å². The topological polar surface area (TPSA) is 45.4 Å². The van der Waals surface area contributed by atoms with Gasteiger partial charge in [-0.25, -0.2) is 0 Å². The van der Waals surface area contributed by atoms with Gasteiger partial charge in [-0.1, -0.05) is 41.0 Å². The van der Waals surface area contributed by atoms with Crippen LogP contribution in [0, 0.1) is 11.5 Å². The van der Waals surface area contributed by atoms with Crippen molar-refractivity contribution in [2.24, 2.45) is 4.99 Å². The predicted octanol–water partition coefficient (Wildman–Crippen LogP) is 4.26. The van der Waals surface area contributed by atoms with Crippen LogP contribution in [0.5, 0.6) is 5.75 Å². The maximum atomic E-state index is 8.43. The molecule has 0 radical (unpaired) electrons. The molecule has 0 aliphatic rings. The fourth-order valence-electron chi connectivity index (χ4n) is 0.937. The summed E-state index contributed by atoms with van der Waals surface area (Å²) in [5.74, 6) is 0.742. The fraction of sp³-hybridized carbons (Fsp3) is 0.200. The highest BCUT2D eigenvalue weighted by Crippen LogP contribution is 2.33. The maximum absolute atomic E-state index is 8.43. The summed E-state index contributed by atoms with van der Waals surface area (Å²) >= 11 is 14.6. The first-order valence-corrected chi connectivity index (χ1v) is 7.36. The Hall–Kier alpha value is -0.540. The lowest BCUT2D eigenvalue weighted by Gasteiger charge is -2.08. The lowest BCUT2D eigenvalue weighted by atomic mass is 10.3. The summed E-state index contributed by atoms with van der Waals surface area (Å²) in [5, 5.41) is 9.34. The number of halogens is 2. The van der Waals surface area contributed by atoms with E-state index in [4.69, 9.17) is 33.2 Å². The summed E-state index contributed by atoms with van der Waals surface area (Å²) in [6.45, 7) is 0. The van der Waals surface area contributed by atoms with Gasteiger partial charge in [0.15, 0.2) is 5.75 Å². The van der Waals surface area contributed by atoms with Gasteiger partial charge in [-0.2, -0.15) is 10.3 Å². The minimum absolute atomic E-state index is 0.296. The molecule has 0 saturated heterocycles. The molecule has 7 heteroatoms. The monoisotopic (exact) mass is 306 g/mol. The van der Waals surface area contributed by atoms with E-state index in [0.29, 0.717) is 26.1 Å². The van der Waals surface area contributed by atoms with Gasteiger partial charge >= 0.3 is 0 Å². The number of hydrogen-bond donors (Lipinski definition) is 0. The van der Waals surface area contributed by atoms with E-state index in [2.05, 4.69) is 4.99 Å². The van der Waals surface area contributed by atoms with E-state index in [1.54, 1.807) is 24.4 Å². The highest BCUT2D eigenvalue weighted by Gasteiger charge is 2.07. The van der Waals surface area contributed by atoms with E-state index in [1.807, 2.05) is 6.26 Å². The Morgan fingerprint density at radius 2 is 2.12 bits per heavy atom. The van der Waals surface area contributed by atoms with Crippen LogP contribution >= 0.6 is 46.7 Å². The van der Waals surface area contributed by atoms with Crippen LogP contribution in [-0.4, -0.2) is 16.6 Å². The maximum Gasteiger partial charge on any atom is 0.207 e. The molecule has 0 bridgehead atoms. The van der Waals surface area contributed by atoms with Crippen molar-refractivity contribution in [1.82, 2.24) is 0 Å². The number of ether oxygens (including phenoxy) is 1. The molecule has 17 heavy (non-hydrogen) atoms. The molecule has 3 nitrogen and oxygen atoms in total. The molecule has 0 atom stereocenters. The Bertz CT molecular complexity index is 440. The van der Waals surface area contributed by atoms with Crippen molar-refractivity contribution < 1.29 is 4.74 Å². The molecular formula is C10H8Cl2N2OS2. The molecule has 0 saturated carbocycles. The first kappa shape index (κ1) is 14.5. The normalized spacial score (nSPS) is 11.1. The molecular weight excluding hydrogens is 299 g/mol. The molecule has 0 N–H and O–H groups in total. The van der Waals surface area contributed by atoms with E-state index in [9.17, 15) is 0 Å².